The van der Waals surface area contributed by atoms with Gasteiger partial charge in [0, 0.05) is 0 Å². The summed E-state index contributed by atoms with van der Waals surface area (Å²) in [5.41, 5.74) is -0.871. The van der Waals surface area contributed by atoms with Crippen LogP contribution >= 0.6 is 0 Å². The van der Waals surface area contributed by atoms with Crippen LogP contribution in [0.5, 0.6) is 0 Å². The zero-order chi connectivity index (χ0) is 8.20. The second-order valence-corrected chi connectivity index (χ2v) is 3.59. The Balaban J connectivity index is 3.46. The third-order valence-corrected chi connectivity index (χ3v) is 1.60. The molecule has 0 saturated carbocycles. The van der Waals surface area contributed by atoms with Crippen LogP contribution < -0.4 is 0 Å². The Bertz CT molecular complexity index is 87.3. The number of rotatable bonds is 4. The van der Waals surface area contributed by atoms with Crippen LogP contribution in [-0.2, 0) is 0 Å². The summed E-state index contributed by atoms with van der Waals surface area (Å²) in [5, 5.41) is 18.0. The fourth-order valence-corrected chi connectivity index (χ4v) is 0.679. The van der Waals surface area contributed by atoms with Crippen LogP contribution in [0.25, 0.3) is 0 Å². The van der Waals surface area contributed by atoms with Crippen molar-refractivity contribution < 1.29 is 10.2 Å². The topological polar surface area (TPSA) is 40.5 Å². The van der Waals surface area contributed by atoms with Gasteiger partial charge in [0.15, 0.2) is 0 Å². The maximum atomic E-state index is 9.32. The van der Waals surface area contributed by atoms with E-state index in [0.29, 0.717) is 12.3 Å². The van der Waals surface area contributed by atoms with Crippen molar-refractivity contribution in [3.05, 3.63) is 0 Å². The Hall–Kier alpha value is -0.0800. The monoisotopic (exact) mass is 146 g/mol. The van der Waals surface area contributed by atoms with Gasteiger partial charge in [-0.05, 0) is 25.7 Å². The average molecular weight is 146 g/mol. The van der Waals surface area contributed by atoms with Crippen LogP contribution in [-0.4, -0.2) is 22.4 Å². The highest BCUT2D eigenvalue weighted by atomic mass is 16.3. The van der Waals surface area contributed by atoms with E-state index in [2.05, 4.69) is 13.8 Å². The molecular weight excluding hydrogens is 128 g/mol. The quantitative estimate of drug-likeness (QED) is 0.625. The van der Waals surface area contributed by atoms with Gasteiger partial charge in [-0.2, -0.15) is 0 Å². The van der Waals surface area contributed by atoms with Crippen molar-refractivity contribution in [3.8, 4) is 0 Å². The predicted octanol–water partition coefficient (Wildman–Crippen LogP) is 1.17. The SMILES string of the molecule is CC(C)CCC(C)(O)CO. The van der Waals surface area contributed by atoms with Crippen LogP contribution in [0.3, 0.4) is 0 Å². The first-order valence-electron chi connectivity index (χ1n) is 3.81. The Labute approximate surface area is 62.9 Å². The molecule has 2 nitrogen and oxygen atoms in total. The highest BCUT2D eigenvalue weighted by Gasteiger charge is 2.18. The van der Waals surface area contributed by atoms with Gasteiger partial charge in [0.1, 0.15) is 0 Å². The standard InChI is InChI=1S/C8H18O2/c1-7(2)4-5-8(3,10)6-9/h7,9-10H,4-6H2,1-3H3. The lowest BCUT2D eigenvalue weighted by Crippen LogP contribution is -2.29. The van der Waals surface area contributed by atoms with E-state index in [-0.39, 0.29) is 6.61 Å². The maximum absolute atomic E-state index is 9.32. The third-order valence-electron chi connectivity index (χ3n) is 1.60. The zero-order valence-corrected chi connectivity index (χ0v) is 7.09. The molecule has 0 saturated heterocycles. The Morgan fingerprint density at radius 2 is 1.90 bits per heavy atom. The van der Waals surface area contributed by atoms with E-state index in [1.807, 2.05) is 0 Å². The fraction of sp³-hybridized carbons (Fsp3) is 1.00. The van der Waals surface area contributed by atoms with E-state index >= 15 is 0 Å². The van der Waals surface area contributed by atoms with Crippen LogP contribution in [0.2, 0.25) is 0 Å². The normalized spacial score (nSPS) is 17.4. The van der Waals surface area contributed by atoms with Crippen molar-refractivity contribution in [1.29, 1.82) is 0 Å². The van der Waals surface area contributed by atoms with E-state index in [1.54, 1.807) is 6.92 Å². The lowest BCUT2D eigenvalue weighted by molar-refractivity contribution is -0.00880. The molecule has 0 radical (unpaired) electrons. The summed E-state index contributed by atoms with van der Waals surface area (Å²) < 4.78 is 0. The van der Waals surface area contributed by atoms with Crippen molar-refractivity contribution in [2.24, 2.45) is 5.92 Å². The number of hydrogen-bond acceptors (Lipinski definition) is 2. The van der Waals surface area contributed by atoms with Crippen molar-refractivity contribution >= 4 is 0 Å². The predicted molar refractivity (Wildman–Crippen MR) is 41.8 cm³/mol. The molecule has 0 spiro atoms. The van der Waals surface area contributed by atoms with Crippen molar-refractivity contribution in [1.82, 2.24) is 0 Å². The molecular formula is C8H18O2. The van der Waals surface area contributed by atoms with Crippen molar-refractivity contribution in [2.45, 2.75) is 39.2 Å². The Morgan fingerprint density at radius 3 is 2.20 bits per heavy atom. The van der Waals surface area contributed by atoms with Crippen LogP contribution in [0, 0.1) is 5.92 Å². The lowest BCUT2D eigenvalue weighted by Gasteiger charge is -2.20. The molecule has 0 aliphatic carbocycles. The summed E-state index contributed by atoms with van der Waals surface area (Å²) in [6.07, 6.45) is 1.65. The van der Waals surface area contributed by atoms with Gasteiger partial charge in [0.25, 0.3) is 0 Å². The van der Waals surface area contributed by atoms with Gasteiger partial charge in [-0.3, -0.25) is 0 Å². The molecule has 0 amide bonds. The van der Waals surface area contributed by atoms with E-state index in [0.717, 1.165) is 6.42 Å². The molecule has 0 aromatic carbocycles. The van der Waals surface area contributed by atoms with E-state index in [4.69, 9.17) is 5.11 Å². The fourth-order valence-electron chi connectivity index (χ4n) is 0.679. The second kappa shape index (κ2) is 3.94. The van der Waals surface area contributed by atoms with Gasteiger partial charge in [0.05, 0.1) is 12.2 Å². The lowest BCUT2D eigenvalue weighted by atomic mass is 9.96. The molecule has 0 heterocycles. The first-order chi connectivity index (χ1) is 4.48. The van der Waals surface area contributed by atoms with Gasteiger partial charge >= 0.3 is 0 Å². The minimum absolute atomic E-state index is 0.139. The summed E-state index contributed by atoms with van der Waals surface area (Å²) in [7, 11) is 0. The largest absolute Gasteiger partial charge is 0.393 e. The zero-order valence-electron chi connectivity index (χ0n) is 7.09. The average Bonchev–Trinajstić information content (AvgIpc) is 1.85. The van der Waals surface area contributed by atoms with Gasteiger partial charge in [-0.15, -0.1) is 0 Å². The van der Waals surface area contributed by atoms with Gasteiger partial charge in [-0.1, -0.05) is 13.8 Å². The number of aliphatic hydroxyl groups excluding tert-OH is 1. The second-order valence-electron chi connectivity index (χ2n) is 3.59. The molecule has 62 valence electrons. The Kier molecular flexibility index (Phi) is 3.91. The highest BCUT2D eigenvalue weighted by Crippen LogP contribution is 2.14. The van der Waals surface area contributed by atoms with Crippen molar-refractivity contribution in [2.75, 3.05) is 6.61 Å². The van der Waals surface area contributed by atoms with E-state index in [9.17, 15) is 5.11 Å². The molecule has 2 N–H and O–H groups in total. The van der Waals surface area contributed by atoms with Gasteiger partial charge in [0.2, 0.25) is 0 Å². The van der Waals surface area contributed by atoms with Gasteiger partial charge in [-0.25, -0.2) is 0 Å². The van der Waals surface area contributed by atoms with E-state index < -0.39 is 5.60 Å². The number of aliphatic hydroxyl groups is 2. The molecule has 1 unspecified atom stereocenters. The molecule has 1 atom stereocenters. The van der Waals surface area contributed by atoms with Crippen LogP contribution in [0.4, 0.5) is 0 Å². The molecule has 0 aliphatic heterocycles. The molecule has 2 heteroatoms. The van der Waals surface area contributed by atoms with Gasteiger partial charge < -0.3 is 10.2 Å². The summed E-state index contributed by atoms with van der Waals surface area (Å²) in [6.45, 7) is 5.73. The molecule has 0 aromatic heterocycles. The third kappa shape index (κ3) is 4.77. The molecule has 0 bridgehead atoms. The molecule has 10 heavy (non-hydrogen) atoms. The van der Waals surface area contributed by atoms with Crippen molar-refractivity contribution in [3.63, 3.8) is 0 Å². The van der Waals surface area contributed by atoms with Crippen LogP contribution in [0.1, 0.15) is 33.6 Å². The number of hydrogen-bond donors (Lipinski definition) is 2. The first kappa shape index (κ1) is 9.92. The molecule has 0 rings (SSSR count). The minimum atomic E-state index is -0.871. The van der Waals surface area contributed by atoms with Crippen LogP contribution in [0.15, 0.2) is 0 Å². The summed E-state index contributed by atoms with van der Waals surface area (Å²) in [6, 6.07) is 0. The van der Waals surface area contributed by atoms with E-state index in [1.165, 1.54) is 0 Å². The summed E-state index contributed by atoms with van der Waals surface area (Å²) in [4.78, 5) is 0. The summed E-state index contributed by atoms with van der Waals surface area (Å²) in [5.74, 6) is 0.595. The highest BCUT2D eigenvalue weighted by molar-refractivity contribution is 4.70. The maximum Gasteiger partial charge on any atom is 0.0849 e. The molecule has 0 fully saturated rings. The summed E-state index contributed by atoms with van der Waals surface area (Å²) >= 11 is 0. The molecule has 0 aromatic rings. The Morgan fingerprint density at radius 1 is 1.40 bits per heavy atom. The molecule has 0 aliphatic rings. The minimum Gasteiger partial charge on any atom is -0.393 e. The smallest absolute Gasteiger partial charge is 0.0849 e. The first-order valence-corrected chi connectivity index (χ1v) is 3.81.